The molecular weight excluding hydrogens is 383 g/mol. The summed E-state index contributed by atoms with van der Waals surface area (Å²) in [5, 5.41) is 3.42. The van der Waals surface area contributed by atoms with Gasteiger partial charge in [0.15, 0.2) is 0 Å². The molecule has 0 radical (unpaired) electrons. The van der Waals surface area contributed by atoms with E-state index in [9.17, 15) is 18.0 Å². The molecule has 2 aromatic heterocycles. The van der Waals surface area contributed by atoms with Gasteiger partial charge in [-0.3, -0.25) is 9.97 Å². The minimum Gasteiger partial charge on any atom is -0.323 e. The van der Waals surface area contributed by atoms with Gasteiger partial charge in [0.2, 0.25) is 0 Å². The van der Waals surface area contributed by atoms with Gasteiger partial charge in [-0.05, 0) is 30.2 Å². The summed E-state index contributed by atoms with van der Waals surface area (Å²) in [7, 11) is 0. The number of rotatable bonds is 3. The van der Waals surface area contributed by atoms with Crippen LogP contribution in [0.4, 0.5) is 18.0 Å². The Bertz CT molecular complexity index is 874. The van der Waals surface area contributed by atoms with Crippen molar-refractivity contribution >= 4 is 6.03 Å². The van der Waals surface area contributed by atoms with Crippen LogP contribution in [0, 0.1) is 0 Å². The smallest absolute Gasteiger partial charge is 0.323 e. The fourth-order valence-corrected chi connectivity index (χ4v) is 3.80. The Kier molecular flexibility index (Phi) is 5.40. The number of hydrogen-bond acceptors (Lipinski definition) is 4. The molecule has 6 nitrogen and oxygen atoms in total. The van der Waals surface area contributed by atoms with Gasteiger partial charge < -0.3 is 15.1 Å². The zero-order valence-electron chi connectivity index (χ0n) is 15.8. The summed E-state index contributed by atoms with van der Waals surface area (Å²) in [5.41, 5.74) is 1.28. The molecule has 4 rings (SSSR count). The maximum atomic E-state index is 13.0. The lowest BCUT2D eigenvalue weighted by molar-refractivity contribution is -0.137. The number of urea groups is 1. The molecule has 0 spiro atoms. The van der Waals surface area contributed by atoms with Gasteiger partial charge in [0.1, 0.15) is 0 Å². The molecular formula is C20H22F3N5O. The number of nitrogens with one attached hydrogen (secondary N) is 1. The van der Waals surface area contributed by atoms with Crippen molar-refractivity contribution in [3.63, 3.8) is 0 Å². The van der Waals surface area contributed by atoms with Gasteiger partial charge in [0.25, 0.3) is 0 Å². The van der Waals surface area contributed by atoms with Crippen LogP contribution in [0.3, 0.4) is 0 Å². The third-order valence-corrected chi connectivity index (χ3v) is 5.39. The normalized spacial score (nSPS) is 19.3. The van der Waals surface area contributed by atoms with E-state index in [1.165, 1.54) is 0 Å². The van der Waals surface area contributed by atoms with Gasteiger partial charge in [0, 0.05) is 63.3 Å². The monoisotopic (exact) mass is 405 g/mol. The van der Waals surface area contributed by atoms with E-state index in [2.05, 4.69) is 15.3 Å². The van der Waals surface area contributed by atoms with E-state index in [1.54, 1.807) is 16.0 Å². The molecule has 29 heavy (non-hydrogen) atoms. The van der Waals surface area contributed by atoms with Crippen LogP contribution in [0.1, 0.15) is 28.9 Å². The summed E-state index contributed by atoms with van der Waals surface area (Å²) in [5.74, 6) is 0. The van der Waals surface area contributed by atoms with Crippen LogP contribution in [0.5, 0.6) is 0 Å². The maximum Gasteiger partial charge on any atom is 0.417 e. The summed E-state index contributed by atoms with van der Waals surface area (Å²) >= 11 is 0. The fraction of sp³-hybridized carbons (Fsp3) is 0.450. The van der Waals surface area contributed by atoms with Crippen molar-refractivity contribution in [1.29, 1.82) is 0 Å². The largest absolute Gasteiger partial charge is 0.417 e. The summed E-state index contributed by atoms with van der Waals surface area (Å²) in [6.45, 7) is 2.47. The van der Waals surface area contributed by atoms with Crippen molar-refractivity contribution in [2.75, 3.05) is 19.6 Å². The Hall–Kier alpha value is -2.68. The molecule has 2 aliphatic heterocycles. The number of carbonyl (C=O) groups excluding carboxylic acids is 1. The van der Waals surface area contributed by atoms with Crippen molar-refractivity contribution < 1.29 is 18.0 Å². The molecule has 1 atom stereocenters. The Balaban J connectivity index is 1.35. The number of halogens is 3. The van der Waals surface area contributed by atoms with Crippen LogP contribution in [0.25, 0.3) is 0 Å². The highest BCUT2D eigenvalue weighted by molar-refractivity contribution is 5.75. The lowest BCUT2D eigenvalue weighted by Crippen LogP contribution is -2.45. The van der Waals surface area contributed by atoms with Crippen molar-refractivity contribution in [2.45, 2.75) is 38.1 Å². The molecule has 4 heterocycles. The highest BCUT2D eigenvalue weighted by Crippen LogP contribution is 2.31. The van der Waals surface area contributed by atoms with E-state index in [0.29, 0.717) is 43.9 Å². The number of fused-ring (bicyclic) bond motifs is 1. The van der Waals surface area contributed by atoms with Gasteiger partial charge in [-0.25, -0.2) is 4.79 Å². The Morgan fingerprint density at radius 1 is 1.21 bits per heavy atom. The molecule has 2 aromatic rings. The van der Waals surface area contributed by atoms with Crippen LogP contribution in [-0.4, -0.2) is 51.5 Å². The lowest BCUT2D eigenvalue weighted by Gasteiger charge is -2.32. The molecule has 154 valence electrons. The highest BCUT2D eigenvalue weighted by atomic mass is 19.4. The number of nitrogens with zero attached hydrogens (tertiary/aromatic N) is 4. The van der Waals surface area contributed by atoms with Crippen LogP contribution in [0.15, 0.2) is 36.7 Å². The topological polar surface area (TPSA) is 61.4 Å². The standard InChI is InChI=1S/C20H22F3N5O/c21-20(22,23)15-9-14-12-27(8-5-18(14)26-10-15)19(29)28-7-4-17(13-28)25-11-16-3-1-2-6-24-16/h1-3,6,9-10,17,25H,4-5,7-8,11-13H2. The van der Waals surface area contributed by atoms with Crippen LogP contribution in [0.2, 0.25) is 0 Å². The number of alkyl halides is 3. The predicted molar refractivity (Wildman–Crippen MR) is 99.8 cm³/mol. The van der Waals surface area contributed by atoms with E-state index in [-0.39, 0.29) is 18.6 Å². The summed E-state index contributed by atoms with van der Waals surface area (Å²) < 4.78 is 38.9. The molecule has 0 saturated carbocycles. The molecule has 0 aromatic carbocycles. The first kappa shape index (κ1) is 19.6. The molecule has 1 saturated heterocycles. The number of amides is 2. The minimum absolute atomic E-state index is 0.129. The first-order valence-corrected chi connectivity index (χ1v) is 9.62. The van der Waals surface area contributed by atoms with E-state index >= 15 is 0 Å². The maximum absolute atomic E-state index is 13.0. The summed E-state index contributed by atoms with van der Waals surface area (Å²) in [6.07, 6.45) is -0.518. The second-order valence-electron chi connectivity index (χ2n) is 7.42. The summed E-state index contributed by atoms with van der Waals surface area (Å²) in [6, 6.07) is 6.90. The molecule has 0 bridgehead atoms. The van der Waals surface area contributed by atoms with Crippen LogP contribution < -0.4 is 5.32 Å². The predicted octanol–water partition coefficient (Wildman–Crippen LogP) is 2.84. The molecule has 0 aliphatic carbocycles. The minimum atomic E-state index is -4.43. The SMILES string of the molecule is O=C(N1CCc2ncc(C(F)(F)F)cc2C1)N1CCC(NCc2ccccn2)C1. The van der Waals surface area contributed by atoms with E-state index in [1.807, 2.05) is 18.2 Å². The van der Waals surface area contributed by atoms with E-state index in [0.717, 1.165) is 24.4 Å². The van der Waals surface area contributed by atoms with E-state index in [4.69, 9.17) is 0 Å². The highest BCUT2D eigenvalue weighted by Gasteiger charge is 2.34. The van der Waals surface area contributed by atoms with Crippen molar-refractivity contribution in [2.24, 2.45) is 0 Å². The molecule has 1 unspecified atom stereocenters. The van der Waals surface area contributed by atoms with Gasteiger partial charge in [-0.1, -0.05) is 6.07 Å². The van der Waals surface area contributed by atoms with Crippen molar-refractivity contribution in [3.05, 3.63) is 59.2 Å². The summed E-state index contributed by atoms with van der Waals surface area (Å²) in [4.78, 5) is 24.5. The molecule has 2 amide bonds. The van der Waals surface area contributed by atoms with E-state index < -0.39 is 11.7 Å². The molecule has 1 N–H and O–H groups in total. The number of hydrogen-bond donors (Lipinski definition) is 1. The van der Waals surface area contributed by atoms with Gasteiger partial charge in [0.05, 0.1) is 11.3 Å². The van der Waals surface area contributed by atoms with Gasteiger partial charge in [-0.15, -0.1) is 0 Å². The second kappa shape index (κ2) is 7.98. The Labute approximate surface area is 166 Å². The first-order chi connectivity index (χ1) is 13.9. The molecule has 9 heteroatoms. The number of aromatic nitrogens is 2. The van der Waals surface area contributed by atoms with Crippen molar-refractivity contribution in [1.82, 2.24) is 25.1 Å². The lowest BCUT2D eigenvalue weighted by atomic mass is 10.0. The van der Waals surface area contributed by atoms with Crippen LogP contribution >= 0.6 is 0 Å². The molecule has 2 aliphatic rings. The van der Waals surface area contributed by atoms with Crippen molar-refractivity contribution in [3.8, 4) is 0 Å². The quantitative estimate of drug-likeness (QED) is 0.853. The Morgan fingerprint density at radius 3 is 2.83 bits per heavy atom. The van der Waals surface area contributed by atoms with Crippen LogP contribution in [-0.2, 0) is 25.7 Å². The average molecular weight is 405 g/mol. The zero-order chi connectivity index (χ0) is 20.4. The van der Waals surface area contributed by atoms with Gasteiger partial charge in [-0.2, -0.15) is 13.2 Å². The number of carbonyl (C=O) groups is 1. The third kappa shape index (κ3) is 4.50. The first-order valence-electron chi connectivity index (χ1n) is 9.62. The number of pyridine rings is 2. The zero-order valence-corrected chi connectivity index (χ0v) is 15.8. The van der Waals surface area contributed by atoms with Gasteiger partial charge >= 0.3 is 12.2 Å². The molecule has 1 fully saturated rings. The fourth-order valence-electron chi connectivity index (χ4n) is 3.80. The number of likely N-dealkylation sites (tertiary alicyclic amines) is 1. The Morgan fingerprint density at radius 2 is 2.07 bits per heavy atom. The average Bonchev–Trinajstić information content (AvgIpc) is 3.20. The second-order valence-corrected chi connectivity index (χ2v) is 7.42. The third-order valence-electron chi connectivity index (χ3n) is 5.39.